The molecule has 0 saturated carbocycles. The van der Waals surface area contributed by atoms with Gasteiger partial charge >= 0.3 is 5.69 Å². The summed E-state index contributed by atoms with van der Waals surface area (Å²) in [5.41, 5.74) is 1.28. The van der Waals surface area contributed by atoms with Crippen LogP contribution in [0, 0.1) is 0 Å². The molecule has 4 rings (SSSR count). The van der Waals surface area contributed by atoms with Crippen molar-refractivity contribution in [1.29, 1.82) is 0 Å². The van der Waals surface area contributed by atoms with E-state index in [1.54, 1.807) is 39.8 Å². The standard InChI is InChI=1S/C21H26N4O4S/c1-13(2)24-19-18(20(26)25(14(3)4)21(24)27)12-23(22-19)30(28,29)17-10-9-15-7-5-6-8-16(15)11-17/h9-14H,5-8H2,1-4H3. The Bertz CT molecular complexity index is 1360. The van der Waals surface area contributed by atoms with Crippen LogP contribution >= 0.6 is 0 Å². The highest BCUT2D eigenvalue weighted by Crippen LogP contribution is 2.25. The first-order valence-electron chi connectivity index (χ1n) is 10.3. The number of rotatable bonds is 4. The molecule has 0 amide bonds. The van der Waals surface area contributed by atoms with Crippen LogP contribution in [0.1, 0.15) is 63.7 Å². The summed E-state index contributed by atoms with van der Waals surface area (Å²) in [6.45, 7) is 7.08. The second-order valence-corrected chi connectivity index (χ2v) is 10.2. The lowest BCUT2D eigenvalue weighted by Gasteiger charge is -2.16. The molecule has 2 aromatic heterocycles. The van der Waals surface area contributed by atoms with E-state index in [1.165, 1.54) is 16.3 Å². The van der Waals surface area contributed by atoms with Crippen molar-refractivity contribution in [1.82, 2.24) is 18.3 Å². The maximum Gasteiger partial charge on any atom is 0.333 e. The number of hydrogen-bond acceptors (Lipinski definition) is 5. The molecular weight excluding hydrogens is 404 g/mol. The lowest BCUT2D eigenvalue weighted by atomic mass is 9.92. The SMILES string of the molecule is CC(C)n1c(=O)c2cn(S(=O)(=O)c3ccc4c(c3)CCCC4)nc2n(C(C)C)c1=O. The first kappa shape index (κ1) is 20.6. The summed E-state index contributed by atoms with van der Waals surface area (Å²) >= 11 is 0. The van der Waals surface area contributed by atoms with Crippen molar-refractivity contribution in [3.05, 3.63) is 56.4 Å². The molecule has 0 atom stereocenters. The molecule has 0 aliphatic heterocycles. The molecule has 3 aromatic rings. The van der Waals surface area contributed by atoms with Crippen molar-refractivity contribution in [2.75, 3.05) is 0 Å². The lowest BCUT2D eigenvalue weighted by molar-refractivity contribution is 0.486. The molecule has 0 radical (unpaired) electrons. The maximum absolute atomic E-state index is 13.3. The zero-order chi connectivity index (χ0) is 21.8. The van der Waals surface area contributed by atoms with Crippen LogP contribution in [0.5, 0.6) is 0 Å². The molecule has 0 bridgehead atoms. The highest BCUT2D eigenvalue weighted by molar-refractivity contribution is 7.89. The van der Waals surface area contributed by atoms with Gasteiger partial charge in [-0.15, -0.1) is 5.10 Å². The molecule has 0 spiro atoms. The van der Waals surface area contributed by atoms with Crippen molar-refractivity contribution in [3.8, 4) is 0 Å². The first-order valence-corrected chi connectivity index (χ1v) is 11.7. The molecule has 0 fully saturated rings. The molecule has 9 heteroatoms. The Morgan fingerprint density at radius 1 is 0.933 bits per heavy atom. The van der Waals surface area contributed by atoms with Gasteiger partial charge in [0.2, 0.25) is 0 Å². The summed E-state index contributed by atoms with van der Waals surface area (Å²) in [7, 11) is -4.00. The Labute approximate surface area is 174 Å². The topological polar surface area (TPSA) is 96.0 Å². The van der Waals surface area contributed by atoms with Crippen LogP contribution in [0.15, 0.2) is 38.9 Å². The molecule has 2 heterocycles. The van der Waals surface area contributed by atoms with Crippen molar-refractivity contribution in [3.63, 3.8) is 0 Å². The van der Waals surface area contributed by atoms with E-state index in [-0.39, 0.29) is 28.0 Å². The van der Waals surface area contributed by atoms with Crippen LogP contribution in [0.4, 0.5) is 0 Å². The summed E-state index contributed by atoms with van der Waals surface area (Å²) < 4.78 is 29.9. The number of fused-ring (bicyclic) bond motifs is 2. The average molecular weight is 431 g/mol. The highest BCUT2D eigenvalue weighted by Gasteiger charge is 2.25. The van der Waals surface area contributed by atoms with E-state index in [0.29, 0.717) is 0 Å². The summed E-state index contributed by atoms with van der Waals surface area (Å²) in [6.07, 6.45) is 5.18. The molecule has 0 saturated heterocycles. The van der Waals surface area contributed by atoms with E-state index in [1.807, 2.05) is 6.07 Å². The number of aryl methyl sites for hydroxylation is 2. The van der Waals surface area contributed by atoms with E-state index in [0.717, 1.165) is 39.9 Å². The highest BCUT2D eigenvalue weighted by atomic mass is 32.2. The van der Waals surface area contributed by atoms with Crippen molar-refractivity contribution < 1.29 is 8.42 Å². The molecule has 30 heavy (non-hydrogen) atoms. The normalized spacial score (nSPS) is 14.6. The number of hydrogen-bond donors (Lipinski definition) is 0. The van der Waals surface area contributed by atoms with E-state index in [9.17, 15) is 18.0 Å². The lowest BCUT2D eigenvalue weighted by Crippen LogP contribution is -2.41. The van der Waals surface area contributed by atoms with Gasteiger partial charge in [-0.05, 0) is 76.6 Å². The van der Waals surface area contributed by atoms with E-state index in [4.69, 9.17) is 0 Å². The second kappa shape index (κ2) is 7.23. The van der Waals surface area contributed by atoms with Gasteiger partial charge in [0.15, 0.2) is 5.65 Å². The van der Waals surface area contributed by atoms with Crippen molar-refractivity contribution >= 4 is 21.1 Å². The second-order valence-electron chi connectivity index (χ2n) is 8.40. The van der Waals surface area contributed by atoms with Crippen LogP contribution in [0.25, 0.3) is 11.0 Å². The zero-order valence-corrected chi connectivity index (χ0v) is 18.4. The van der Waals surface area contributed by atoms with Gasteiger partial charge in [0, 0.05) is 12.1 Å². The fraction of sp³-hybridized carbons (Fsp3) is 0.476. The predicted octanol–water partition coefficient (Wildman–Crippen LogP) is 2.64. The molecule has 1 aromatic carbocycles. The molecule has 160 valence electrons. The van der Waals surface area contributed by atoms with Crippen LogP contribution in [-0.2, 0) is 22.9 Å². The summed E-state index contributed by atoms with van der Waals surface area (Å²) in [5.74, 6) is 0. The fourth-order valence-corrected chi connectivity index (χ4v) is 5.29. The van der Waals surface area contributed by atoms with Crippen LogP contribution < -0.4 is 11.2 Å². The third-order valence-corrected chi connectivity index (χ3v) is 7.19. The maximum atomic E-state index is 13.3. The van der Waals surface area contributed by atoms with Gasteiger partial charge in [0.05, 0.1) is 11.1 Å². The van der Waals surface area contributed by atoms with E-state index >= 15 is 0 Å². The average Bonchev–Trinajstić information content (AvgIpc) is 3.13. The molecule has 0 unspecified atom stereocenters. The van der Waals surface area contributed by atoms with Gasteiger partial charge in [-0.1, -0.05) is 6.07 Å². The Hall–Kier alpha value is -2.68. The Kier molecular flexibility index (Phi) is 4.96. The largest absolute Gasteiger partial charge is 0.333 e. The summed E-state index contributed by atoms with van der Waals surface area (Å²) in [4.78, 5) is 26.0. The number of aromatic nitrogens is 4. The monoisotopic (exact) mass is 430 g/mol. The smallest absolute Gasteiger partial charge is 0.273 e. The minimum absolute atomic E-state index is 0.0819. The van der Waals surface area contributed by atoms with Gasteiger partial charge in [-0.3, -0.25) is 13.9 Å². The summed E-state index contributed by atoms with van der Waals surface area (Å²) in [6, 6.07) is 4.51. The third kappa shape index (κ3) is 3.12. The molecule has 1 aliphatic rings. The quantitative estimate of drug-likeness (QED) is 0.634. The van der Waals surface area contributed by atoms with Gasteiger partial charge in [0.25, 0.3) is 15.6 Å². The molecule has 1 aliphatic carbocycles. The fourth-order valence-electron chi connectivity index (χ4n) is 4.12. The van der Waals surface area contributed by atoms with Crippen molar-refractivity contribution in [2.24, 2.45) is 0 Å². The van der Waals surface area contributed by atoms with E-state index < -0.39 is 21.3 Å². The minimum Gasteiger partial charge on any atom is -0.273 e. The number of nitrogens with zero attached hydrogens (tertiary/aromatic N) is 4. The number of benzene rings is 1. The Balaban J connectivity index is 1.96. The van der Waals surface area contributed by atoms with Crippen LogP contribution in [0.3, 0.4) is 0 Å². The zero-order valence-electron chi connectivity index (χ0n) is 17.6. The third-order valence-electron chi connectivity index (χ3n) is 5.66. The van der Waals surface area contributed by atoms with Crippen molar-refractivity contribution in [2.45, 2.75) is 70.4 Å². The van der Waals surface area contributed by atoms with Gasteiger partial charge in [0.1, 0.15) is 5.39 Å². The van der Waals surface area contributed by atoms with Gasteiger partial charge in [-0.2, -0.15) is 12.5 Å². The first-order chi connectivity index (χ1) is 14.1. The van der Waals surface area contributed by atoms with Crippen LogP contribution in [0.2, 0.25) is 0 Å². The predicted molar refractivity (Wildman–Crippen MR) is 115 cm³/mol. The van der Waals surface area contributed by atoms with Gasteiger partial charge < -0.3 is 0 Å². The molecule has 0 N–H and O–H groups in total. The summed E-state index contributed by atoms with van der Waals surface area (Å²) in [5, 5.41) is 4.30. The van der Waals surface area contributed by atoms with E-state index in [2.05, 4.69) is 5.10 Å². The molecular formula is C21H26N4O4S. The Morgan fingerprint density at radius 3 is 2.20 bits per heavy atom. The van der Waals surface area contributed by atoms with Gasteiger partial charge in [-0.25, -0.2) is 4.79 Å². The molecule has 8 nitrogen and oxygen atoms in total. The minimum atomic E-state index is -4.00. The van der Waals surface area contributed by atoms with Crippen LogP contribution in [-0.4, -0.2) is 26.7 Å². The Morgan fingerprint density at radius 2 is 1.57 bits per heavy atom.